The van der Waals surface area contributed by atoms with Crippen molar-refractivity contribution < 1.29 is 4.52 Å². The lowest BCUT2D eigenvalue weighted by Gasteiger charge is -2.22. The molecule has 1 aliphatic carbocycles. The van der Waals surface area contributed by atoms with E-state index >= 15 is 0 Å². The van der Waals surface area contributed by atoms with Gasteiger partial charge >= 0.3 is 0 Å². The van der Waals surface area contributed by atoms with Gasteiger partial charge in [-0.15, -0.1) is 11.3 Å². The maximum atomic E-state index is 6.18. The summed E-state index contributed by atoms with van der Waals surface area (Å²) in [4.78, 5) is 7.11. The van der Waals surface area contributed by atoms with Crippen molar-refractivity contribution in [1.29, 1.82) is 0 Å². The van der Waals surface area contributed by atoms with Gasteiger partial charge in [-0.05, 0) is 61.6 Å². The molecule has 2 aromatic heterocycles. The Hall–Kier alpha value is -1.98. The molecule has 118 valence electrons. The minimum absolute atomic E-state index is 0.160. The van der Waals surface area contributed by atoms with Crippen LogP contribution in [0.4, 0.5) is 0 Å². The molecule has 0 fully saturated rings. The van der Waals surface area contributed by atoms with Crippen LogP contribution in [0.5, 0.6) is 0 Å². The van der Waals surface area contributed by atoms with Gasteiger partial charge in [0.05, 0.1) is 0 Å². The molecule has 1 aromatic carbocycles. The van der Waals surface area contributed by atoms with E-state index in [1.807, 2.05) is 6.07 Å². The highest BCUT2D eigenvalue weighted by atomic mass is 32.1. The summed E-state index contributed by atoms with van der Waals surface area (Å²) < 4.78 is 5.46. The topological polar surface area (TPSA) is 64.9 Å². The van der Waals surface area contributed by atoms with Crippen LogP contribution in [0.1, 0.15) is 45.6 Å². The Morgan fingerprint density at radius 2 is 2.22 bits per heavy atom. The Balaban J connectivity index is 1.59. The molecule has 3 aromatic rings. The number of rotatable bonds is 3. The van der Waals surface area contributed by atoms with E-state index in [9.17, 15) is 0 Å². The average Bonchev–Trinajstić information content (AvgIpc) is 3.17. The molecular weight excluding hydrogens is 306 g/mol. The maximum absolute atomic E-state index is 6.18. The van der Waals surface area contributed by atoms with E-state index in [-0.39, 0.29) is 6.04 Å². The van der Waals surface area contributed by atoms with E-state index < -0.39 is 0 Å². The minimum Gasteiger partial charge on any atom is -0.334 e. The lowest BCUT2D eigenvalue weighted by atomic mass is 9.87. The predicted octanol–water partition coefficient (Wildman–Crippen LogP) is 4.03. The number of fused-ring (bicyclic) bond motifs is 1. The molecule has 0 amide bonds. The molecule has 1 aliphatic rings. The first-order chi connectivity index (χ1) is 11.2. The number of nitrogens with zero attached hydrogens (tertiary/aromatic N) is 2. The number of hydrogen-bond donors (Lipinski definition) is 1. The summed E-state index contributed by atoms with van der Waals surface area (Å²) in [7, 11) is 0. The molecular formula is C18H19N3OS. The fourth-order valence-corrected chi connectivity index (χ4v) is 4.05. The third-order valence-corrected chi connectivity index (χ3v) is 5.35. The molecule has 0 aliphatic heterocycles. The second-order valence-electron chi connectivity index (χ2n) is 6.12. The van der Waals surface area contributed by atoms with Crippen LogP contribution < -0.4 is 5.73 Å². The molecule has 4 rings (SSSR count). The van der Waals surface area contributed by atoms with Crippen LogP contribution in [0.3, 0.4) is 0 Å². The largest absolute Gasteiger partial charge is 0.334 e. The van der Waals surface area contributed by atoms with Gasteiger partial charge in [-0.3, -0.25) is 0 Å². The molecule has 0 spiro atoms. The lowest BCUT2D eigenvalue weighted by molar-refractivity contribution is 0.424. The molecule has 2 N–H and O–H groups in total. The highest BCUT2D eigenvalue weighted by Gasteiger charge is 2.18. The number of nitrogens with two attached hydrogens (primary N) is 1. The van der Waals surface area contributed by atoms with Crippen LogP contribution in [0, 0.1) is 6.92 Å². The van der Waals surface area contributed by atoms with E-state index in [0.717, 1.165) is 37.1 Å². The summed E-state index contributed by atoms with van der Waals surface area (Å²) in [6.45, 7) is 2.10. The van der Waals surface area contributed by atoms with E-state index in [4.69, 9.17) is 10.3 Å². The van der Waals surface area contributed by atoms with Gasteiger partial charge in [0.2, 0.25) is 0 Å². The van der Waals surface area contributed by atoms with Crippen molar-refractivity contribution in [2.45, 2.75) is 38.6 Å². The van der Waals surface area contributed by atoms with Crippen LogP contribution in [0.25, 0.3) is 11.5 Å². The Morgan fingerprint density at radius 1 is 1.30 bits per heavy atom. The van der Waals surface area contributed by atoms with Crippen molar-refractivity contribution in [3.63, 3.8) is 0 Å². The molecule has 2 heterocycles. The molecule has 0 saturated heterocycles. The van der Waals surface area contributed by atoms with E-state index in [0.29, 0.717) is 5.89 Å². The highest BCUT2D eigenvalue weighted by Crippen LogP contribution is 2.31. The Labute approximate surface area is 139 Å². The molecule has 1 unspecified atom stereocenters. The fourth-order valence-electron chi connectivity index (χ4n) is 3.16. The standard InChI is InChI=1S/C18H19N3OS/c1-11-5-7-14(23-11)10-17-20-18(22-21-17)13-6-8-15-12(9-13)3-2-4-16(15)19/h5-9,16H,2-4,10,19H2,1H3. The van der Waals surface area contributed by atoms with Crippen LogP contribution >= 0.6 is 11.3 Å². The molecule has 5 heteroatoms. The lowest BCUT2D eigenvalue weighted by Crippen LogP contribution is -2.17. The quantitative estimate of drug-likeness (QED) is 0.789. The van der Waals surface area contributed by atoms with Gasteiger partial charge in [-0.2, -0.15) is 4.98 Å². The first-order valence-electron chi connectivity index (χ1n) is 7.96. The molecule has 4 nitrogen and oxygen atoms in total. The molecule has 23 heavy (non-hydrogen) atoms. The number of aryl methyl sites for hydroxylation is 2. The van der Waals surface area contributed by atoms with Crippen molar-refractivity contribution >= 4 is 11.3 Å². The SMILES string of the molecule is Cc1ccc(Cc2noc(-c3ccc4c(c3)CCCC4N)n2)s1. The number of aromatic nitrogens is 2. The predicted molar refractivity (Wildman–Crippen MR) is 91.5 cm³/mol. The normalized spacial score (nSPS) is 17.2. The summed E-state index contributed by atoms with van der Waals surface area (Å²) in [5.74, 6) is 1.33. The molecule has 0 saturated carbocycles. The van der Waals surface area contributed by atoms with Gasteiger partial charge in [0.1, 0.15) is 0 Å². The van der Waals surface area contributed by atoms with Gasteiger partial charge < -0.3 is 10.3 Å². The smallest absolute Gasteiger partial charge is 0.257 e. The van der Waals surface area contributed by atoms with Crippen LogP contribution in [-0.2, 0) is 12.8 Å². The van der Waals surface area contributed by atoms with Crippen molar-refractivity contribution in [2.75, 3.05) is 0 Å². The van der Waals surface area contributed by atoms with Crippen molar-refractivity contribution in [1.82, 2.24) is 10.1 Å². The van der Waals surface area contributed by atoms with Crippen LogP contribution in [0.2, 0.25) is 0 Å². The van der Waals surface area contributed by atoms with Gasteiger partial charge in [0, 0.05) is 27.8 Å². The molecule has 0 bridgehead atoms. The third-order valence-electron chi connectivity index (χ3n) is 4.35. The fraction of sp³-hybridized carbons (Fsp3) is 0.333. The average molecular weight is 325 g/mol. The zero-order chi connectivity index (χ0) is 15.8. The third kappa shape index (κ3) is 2.94. The van der Waals surface area contributed by atoms with Crippen molar-refractivity contribution in [2.24, 2.45) is 5.73 Å². The van der Waals surface area contributed by atoms with E-state index in [2.05, 4.69) is 41.3 Å². The number of hydrogen-bond acceptors (Lipinski definition) is 5. The van der Waals surface area contributed by atoms with Gasteiger partial charge in [0.15, 0.2) is 5.82 Å². The summed E-state index contributed by atoms with van der Waals surface area (Å²) in [6, 6.07) is 10.7. The first-order valence-corrected chi connectivity index (χ1v) is 8.77. The van der Waals surface area contributed by atoms with Crippen molar-refractivity contribution in [3.05, 3.63) is 57.0 Å². The zero-order valence-corrected chi connectivity index (χ0v) is 13.9. The van der Waals surface area contributed by atoms with Gasteiger partial charge in [0.25, 0.3) is 5.89 Å². The molecule has 0 radical (unpaired) electrons. The second kappa shape index (κ2) is 5.91. The Morgan fingerprint density at radius 3 is 3.04 bits per heavy atom. The number of benzene rings is 1. The Bertz CT molecular complexity index is 836. The summed E-state index contributed by atoms with van der Waals surface area (Å²) >= 11 is 1.77. The summed E-state index contributed by atoms with van der Waals surface area (Å²) in [5.41, 5.74) is 9.73. The van der Waals surface area contributed by atoms with E-state index in [1.165, 1.54) is 20.9 Å². The zero-order valence-electron chi connectivity index (χ0n) is 13.1. The summed E-state index contributed by atoms with van der Waals surface area (Å²) in [6.07, 6.45) is 4.01. The van der Waals surface area contributed by atoms with Crippen molar-refractivity contribution in [3.8, 4) is 11.5 Å². The van der Waals surface area contributed by atoms with Crippen LogP contribution in [-0.4, -0.2) is 10.1 Å². The van der Waals surface area contributed by atoms with Gasteiger partial charge in [-0.25, -0.2) is 0 Å². The van der Waals surface area contributed by atoms with Crippen LogP contribution in [0.15, 0.2) is 34.9 Å². The Kier molecular flexibility index (Phi) is 3.75. The maximum Gasteiger partial charge on any atom is 0.257 e. The minimum atomic E-state index is 0.160. The monoisotopic (exact) mass is 325 g/mol. The number of thiophene rings is 1. The highest BCUT2D eigenvalue weighted by molar-refractivity contribution is 7.11. The summed E-state index contributed by atoms with van der Waals surface area (Å²) in [5, 5.41) is 4.12. The van der Waals surface area contributed by atoms with Gasteiger partial charge in [-0.1, -0.05) is 11.2 Å². The van der Waals surface area contributed by atoms with E-state index in [1.54, 1.807) is 11.3 Å². The first kappa shape index (κ1) is 14.6. The second-order valence-corrected chi connectivity index (χ2v) is 7.49. The molecule has 1 atom stereocenters.